The van der Waals surface area contributed by atoms with Crippen molar-refractivity contribution >= 4 is 17.7 Å². The number of carbonyl (C=O) groups is 2. The standard InChI is InChI=1S/C11H13FN2O3/c1-6-3-8(12)5-9(4-6)14-11(17)13-7(2)10(15)16/h3-5,7H,1-2H3,(H,15,16)(H2,13,14,17). The summed E-state index contributed by atoms with van der Waals surface area (Å²) in [5.41, 5.74) is 0.934. The first-order valence-electron chi connectivity index (χ1n) is 4.96. The third-order valence-electron chi connectivity index (χ3n) is 2.02. The minimum atomic E-state index is -1.14. The van der Waals surface area contributed by atoms with Crippen molar-refractivity contribution in [2.24, 2.45) is 0 Å². The molecule has 0 radical (unpaired) electrons. The number of halogens is 1. The van der Waals surface area contributed by atoms with Gasteiger partial charge in [-0.15, -0.1) is 0 Å². The summed E-state index contributed by atoms with van der Waals surface area (Å²) in [7, 11) is 0. The number of amides is 2. The van der Waals surface area contributed by atoms with E-state index in [4.69, 9.17) is 5.11 Å². The van der Waals surface area contributed by atoms with E-state index >= 15 is 0 Å². The van der Waals surface area contributed by atoms with Gasteiger partial charge in [0.05, 0.1) is 0 Å². The molecule has 6 heteroatoms. The molecule has 0 bridgehead atoms. The van der Waals surface area contributed by atoms with Crippen molar-refractivity contribution < 1.29 is 19.1 Å². The number of hydrogen-bond donors (Lipinski definition) is 3. The third-order valence-corrected chi connectivity index (χ3v) is 2.02. The van der Waals surface area contributed by atoms with Crippen LogP contribution in [-0.2, 0) is 4.79 Å². The van der Waals surface area contributed by atoms with Crippen LogP contribution in [0.5, 0.6) is 0 Å². The summed E-state index contributed by atoms with van der Waals surface area (Å²) in [6, 6.07) is 2.35. The van der Waals surface area contributed by atoms with Gasteiger partial charge in [-0.2, -0.15) is 0 Å². The normalized spacial score (nSPS) is 11.7. The van der Waals surface area contributed by atoms with Gasteiger partial charge in [-0.25, -0.2) is 9.18 Å². The van der Waals surface area contributed by atoms with Crippen molar-refractivity contribution in [1.29, 1.82) is 0 Å². The van der Waals surface area contributed by atoms with E-state index in [2.05, 4.69) is 10.6 Å². The van der Waals surface area contributed by atoms with Gasteiger partial charge in [0.25, 0.3) is 0 Å². The van der Waals surface area contributed by atoms with Gasteiger partial charge < -0.3 is 15.7 Å². The van der Waals surface area contributed by atoms with Gasteiger partial charge in [-0.1, -0.05) is 0 Å². The van der Waals surface area contributed by atoms with Crippen molar-refractivity contribution in [3.8, 4) is 0 Å². The minimum absolute atomic E-state index is 0.276. The third kappa shape index (κ3) is 4.10. The molecule has 0 fully saturated rings. The molecule has 17 heavy (non-hydrogen) atoms. The summed E-state index contributed by atoms with van der Waals surface area (Å²) in [6.07, 6.45) is 0. The molecule has 0 saturated carbocycles. The molecule has 1 atom stereocenters. The Morgan fingerprint density at radius 2 is 2.00 bits per heavy atom. The largest absolute Gasteiger partial charge is 0.480 e. The number of carboxylic acids is 1. The van der Waals surface area contributed by atoms with E-state index in [1.54, 1.807) is 13.0 Å². The number of carboxylic acid groups (broad SMARTS) is 1. The van der Waals surface area contributed by atoms with Crippen LogP contribution in [0.2, 0.25) is 0 Å². The van der Waals surface area contributed by atoms with Crippen LogP contribution in [0.15, 0.2) is 18.2 Å². The van der Waals surface area contributed by atoms with Gasteiger partial charge in [0, 0.05) is 5.69 Å². The molecule has 0 aliphatic rings. The SMILES string of the molecule is Cc1cc(F)cc(NC(=O)NC(C)C(=O)O)c1. The zero-order valence-electron chi connectivity index (χ0n) is 9.45. The van der Waals surface area contributed by atoms with Crippen LogP contribution in [0, 0.1) is 12.7 Å². The predicted molar refractivity (Wildman–Crippen MR) is 60.4 cm³/mol. The van der Waals surface area contributed by atoms with Crippen LogP contribution < -0.4 is 10.6 Å². The van der Waals surface area contributed by atoms with Gasteiger partial charge in [-0.3, -0.25) is 4.79 Å². The van der Waals surface area contributed by atoms with Gasteiger partial charge in [-0.05, 0) is 37.6 Å². The molecule has 0 aliphatic heterocycles. The van der Waals surface area contributed by atoms with Crippen LogP contribution in [0.1, 0.15) is 12.5 Å². The summed E-state index contributed by atoms with van der Waals surface area (Å²) >= 11 is 0. The van der Waals surface area contributed by atoms with E-state index < -0.39 is 23.9 Å². The molecule has 1 unspecified atom stereocenters. The molecule has 1 rings (SSSR count). The maximum Gasteiger partial charge on any atom is 0.325 e. The number of rotatable bonds is 3. The van der Waals surface area contributed by atoms with Crippen LogP contribution >= 0.6 is 0 Å². The topological polar surface area (TPSA) is 78.4 Å². The van der Waals surface area contributed by atoms with Gasteiger partial charge in [0.2, 0.25) is 0 Å². The zero-order chi connectivity index (χ0) is 13.0. The Hall–Kier alpha value is -2.11. The van der Waals surface area contributed by atoms with E-state index in [0.717, 1.165) is 6.07 Å². The number of urea groups is 1. The predicted octanol–water partition coefficient (Wildman–Crippen LogP) is 1.73. The van der Waals surface area contributed by atoms with Gasteiger partial charge in [0.1, 0.15) is 11.9 Å². The molecule has 3 N–H and O–H groups in total. The number of hydrogen-bond acceptors (Lipinski definition) is 2. The summed E-state index contributed by atoms with van der Waals surface area (Å²) in [5, 5.41) is 13.1. The van der Waals surface area contributed by atoms with Crippen LogP contribution in [0.25, 0.3) is 0 Å². The van der Waals surface area contributed by atoms with Crippen molar-refractivity contribution in [2.75, 3.05) is 5.32 Å². The molecule has 92 valence electrons. The lowest BCUT2D eigenvalue weighted by atomic mass is 10.2. The Morgan fingerprint density at radius 1 is 1.35 bits per heavy atom. The zero-order valence-corrected chi connectivity index (χ0v) is 9.45. The number of aryl methyl sites for hydroxylation is 1. The minimum Gasteiger partial charge on any atom is -0.480 e. The molecular weight excluding hydrogens is 227 g/mol. The van der Waals surface area contributed by atoms with E-state index in [1.807, 2.05) is 0 Å². The van der Waals surface area contributed by atoms with Gasteiger partial charge in [0.15, 0.2) is 0 Å². The maximum absolute atomic E-state index is 13.0. The van der Waals surface area contributed by atoms with E-state index in [-0.39, 0.29) is 5.69 Å². The monoisotopic (exact) mass is 240 g/mol. The maximum atomic E-state index is 13.0. The fraction of sp³-hybridized carbons (Fsp3) is 0.273. The number of aliphatic carboxylic acids is 1. The summed E-state index contributed by atoms with van der Waals surface area (Å²) in [6.45, 7) is 3.02. The second-order valence-electron chi connectivity index (χ2n) is 3.68. The number of anilines is 1. The summed E-state index contributed by atoms with van der Waals surface area (Å²) in [5.74, 6) is -1.61. The van der Waals surface area contributed by atoms with Crippen LogP contribution in [-0.4, -0.2) is 23.1 Å². The Kier molecular flexibility index (Phi) is 4.03. The lowest BCUT2D eigenvalue weighted by molar-refractivity contribution is -0.138. The first-order chi connectivity index (χ1) is 7.88. The number of benzene rings is 1. The molecule has 0 aliphatic carbocycles. The molecule has 0 saturated heterocycles. The van der Waals surface area contributed by atoms with Crippen molar-refractivity contribution in [1.82, 2.24) is 5.32 Å². The molecule has 0 heterocycles. The molecule has 0 spiro atoms. The Morgan fingerprint density at radius 3 is 2.53 bits per heavy atom. The molecule has 5 nitrogen and oxygen atoms in total. The second-order valence-corrected chi connectivity index (χ2v) is 3.68. The average Bonchev–Trinajstić information content (AvgIpc) is 2.14. The number of nitrogens with one attached hydrogen (secondary N) is 2. The highest BCUT2D eigenvalue weighted by Gasteiger charge is 2.13. The Labute approximate surface area is 97.6 Å². The quantitative estimate of drug-likeness (QED) is 0.752. The van der Waals surface area contributed by atoms with Crippen molar-refractivity contribution in [2.45, 2.75) is 19.9 Å². The van der Waals surface area contributed by atoms with Crippen molar-refractivity contribution in [3.05, 3.63) is 29.6 Å². The van der Waals surface area contributed by atoms with Crippen LogP contribution in [0.4, 0.5) is 14.9 Å². The molecular formula is C11H13FN2O3. The first kappa shape index (κ1) is 13.0. The smallest absolute Gasteiger partial charge is 0.325 e. The summed E-state index contributed by atoms with van der Waals surface area (Å²) < 4.78 is 13.0. The molecule has 1 aromatic rings. The van der Waals surface area contributed by atoms with Crippen molar-refractivity contribution in [3.63, 3.8) is 0 Å². The summed E-state index contributed by atoms with van der Waals surface area (Å²) in [4.78, 5) is 21.8. The molecule has 0 aromatic heterocycles. The van der Waals surface area contributed by atoms with Gasteiger partial charge >= 0.3 is 12.0 Å². The Balaban J connectivity index is 2.65. The highest BCUT2D eigenvalue weighted by Crippen LogP contribution is 2.12. The van der Waals surface area contributed by atoms with Crippen LogP contribution in [0.3, 0.4) is 0 Å². The second kappa shape index (κ2) is 5.29. The van der Waals surface area contributed by atoms with E-state index in [9.17, 15) is 14.0 Å². The lowest BCUT2D eigenvalue weighted by Crippen LogP contribution is -2.40. The average molecular weight is 240 g/mol. The fourth-order valence-electron chi connectivity index (χ4n) is 1.23. The number of carbonyl (C=O) groups excluding carboxylic acids is 1. The lowest BCUT2D eigenvalue weighted by Gasteiger charge is -2.11. The fourth-order valence-corrected chi connectivity index (χ4v) is 1.23. The first-order valence-corrected chi connectivity index (χ1v) is 4.96. The highest BCUT2D eigenvalue weighted by molar-refractivity contribution is 5.92. The molecule has 1 aromatic carbocycles. The Bertz CT molecular complexity index is 428. The van der Waals surface area contributed by atoms with E-state index in [0.29, 0.717) is 5.56 Å². The molecule has 2 amide bonds. The highest BCUT2D eigenvalue weighted by atomic mass is 19.1. The van der Waals surface area contributed by atoms with E-state index in [1.165, 1.54) is 13.0 Å².